The first-order valence-electron chi connectivity index (χ1n) is 4.98. The molecule has 2 aromatic heterocycles. The fourth-order valence-corrected chi connectivity index (χ4v) is 2.04. The van der Waals surface area contributed by atoms with Gasteiger partial charge in [0, 0.05) is 4.88 Å². The molecule has 17 heavy (non-hydrogen) atoms. The van der Waals surface area contributed by atoms with Crippen LogP contribution in [0.15, 0.2) is 29.8 Å². The molecular weight excluding hydrogens is 236 g/mol. The Balaban J connectivity index is 2.17. The van der Waals surface area contributed by atoms with E-state index in [1.54, 1.807) is 11.3 Å². The van der Waals surface area contributed by atoms with Gasteiger partial charge in [0.15, 0.2) is 0 Å². The highest BCUT2D eigenvalue weighted by molar-refractivity contribution is 7.09. The van der Waals surface area contributed by atoms with Crippen molar-refractivity contribution in [2.75, 3.05) is 11.1 Å². The predicted molar refractivity (Wildman–Crippen MR) is 68.8 cm³/mol. The van der Waals surface area contributed by atoms with Gasteiger partial charge in [0.1, 0.15) is 5.82 Å². The van der Waals surface area contributed by atoms with Crippen molar-refractivity contribution in [3.05, 3.63) is 40.2 Å². The molecule has 1 amide bonds. The second-order valence-corrected chi connectivity index (χ2v) is 4.49. The molecule has 0 bridgehead atoms. The molecule has 0 unspecified atom stereocenters. The number of hydrogen-bond donors (Lipinski definition) is 3. The first-order valence-corrected chi connectivity index (χ1v) is 5.86. The van der Waals surface area contributed by atoms with Crippen molar-refractivity contribution in [1.82, 2.24) is 4.98 Å². The standard InChI is InChI=1S/C11H12N4OS/c12-7-4-9(10(13)16)11(14-5-7)15-6-8-2-1-3-17-8/h1-5H,6,12H2,(H2,13,16)(H,14,15). The normalized spacial score (nSPS) is 10.1. The number of primary amides is 1. The number of amides is 1. The highest BCUT2D eigenvalue weighted by Gasteiger charge is 2.09. The van der Waals surface area contributed by atoms with Gasteiger partial charge in [0.2, 0.25) is 0 Å². The largest absolute Gasteiger partial charge is 0.397 e. The van der Waals surface area contributed by atoms with Crippen LogP contribution >= 0.6 is 11.3 Å². The maximum Gasteiger partial charge on any atom is 0.252 e. The molecule has 0 aliphatic heterocycles. The lowest BCUT2D eigenvalue weighted by atomic mass is 10.2. The molecule has 0 aliphatic carbocycles. The summed E-state index contributed by atoms with van der Waals surface area (Å²) in [7, 11) is 0. The maximum atomic E-state index is 11.2. The highest BCUT2D eigenvalue weighted by Crippen LogP contribution is 2.17. The molecule has 0 saturated heterocycles. The molecule has 0 spiro atoms. The Hall–Kier alpha value is -2.08. The summed E-state index contributed by atoms with van der Waals surface area (Å²) in [5, 5.41) is 5.06. The number of carbonyl (C=O) groups excluding carboxylic acids is 1. The van der Waals surface area contributed by atoms with Gasteiger partial charge in [-0.15, -0.1) is 11.3 Å². The van der Waals surface area contributed by atoms with Gasteiger partial charge < -0.3 is 16.8 Å². The minimum Gasteiger partial charge on any atom is -0.397 e. The lowest BCUT2D eigenvalue weighted by molar-refractivity contribution is 0.100. The van der Waals surface area contributed by atoms with Crippen molar-refractivity contribution in [3.8, 4) is 0 Å². The topological polar surface area (TPSA) is 94.0 Å². The van der Waals surface area contributed by atoms with E-state index in [0.717, 1.165) is 4.88 Å². The quantitative estimate of drug-likeness (QED) is 0.763. The van der Waals surface area contributed by atoms with Crippen molar-refractivity contribution in [2.24, 2.45) is 5.73 Å². The van der Waals surface area contributed by atoms with E-state index < -0.39 is 5.91 Å². The van der Waals surface area contributed by atoms with E-state index in [0.29, 0.717) is 23.6 Å². The molecule has 88 valence electrons. The van der Waals surface area contributed by atoms with Gasteiger partial charge in [0.25, 0.3) is 5.91 Å². The van der Waals surface area contributed by atoms with E-state index in [1.165, 1.54) is 12.3 Å². The van der Waals surface area contributed by atoms with Crippen LogP contribution in [0.1, 0.15) is 15.2 Å². The van der Waals surface area contributed by atoms with Crippen LogP contribution in [0.4, 0.5) is 11.5 Å². The Morgan fingerprint density at radius 1 is 1.53 bits per heavy atom. The number of pyridine rings is 1. The van der Waals surface area contributed by atoms with Crippen LogP contribution < -0.4 is 16.8 Å². The van der Waals surface area contributed by atoms with Crippen molar-refractivity contribution in [1.29, 1.82) is 0 Å². The molecule has 0 aromatic carbocycles. The average Bonchev–Trinajstić information content (AvgIpc) is 2.80. The third-order valence-electron chi connectivity index (χ3n) is 2.18. The summed E-state index contributed by atoms with van der Waals surface area (Å²) in [6.45, 7) is 0.606. The van der Waals surface area contributed by atoms with Gasteiger partial charge >= 0.3 is 0 Å². The van der Waals surface area contributed by atoms with Gasteiger partial charge in [-0.1, -0.05) is 6.07 Å². The van der Waals surface area contributed by atoms with E-state index in [-0.39, 0.29) is 0 Å². The Morgan fingerprint density at radius 2 is 2.35 bits per heavy atom. The summed E-state index contributed by atoms with van der Waals surface area (Å²) in [6.07, 6.45) is 1.49. The third-order valence-corrected chi connectivity index (χ3v) is 3.06. The number of nitrogens with one attached hydrogen (secondary N) is 1. The lowest BCUT2D eigenvalue weighted by Crippen LogP contribution is -2.15. The molecule has 6 heteroatoms. The van der Waals surface area contributed by atoms with E-state index in [2.05, 4.69) is 10.3 Å². The minimum atomic E-state index is -0.543. The van der Waals surface area contributed by atoms with Crippen LogP contribution in [-0.2, 0) is 6.54 Å². The number of nitrogens with zero attached hydrogens (tertiary/aromatic N) is 1. The smallest absolute Gasteiger partial charge is 0.252 e. The van der Waals surface area contributed by atoms with Gasteiger partial charge in [-0.2, -0.15) is 0 Å². The zero-order chi connectivity index (χ0) is 12.3. The number of nitrogens with two attached hydrogens (primary N) is 2. The molecule has 5 nitrogen and oxygen atoms in total. The van der Waals surface area contributed by atoms with E-state index >= 15 is 0 Å². The number of nitrogen functional groups attached to an aromatic ring is 1. The summed E-state index contributed by atoms with van der Waals surface area (Å²) in [5.74, 6) is -0.0846. The number of aromatic nitrogens is 1. The van der Waals surface area contributed by atoms with Gasteiger partial charge in [-0.05, 0) is 17.5 Å². The first kappa shape index (κ1) is 11.4. The second-order valence-electron chi connectivity index (χ2n) is 3.46. The van der Waals surface area contributed by atoms with Crippen molar-refractivity contribution in [3.63, 3.8) is 0 Å². The van der Waals surface area contributed by atoms with E-state index in [4.69, 9.17) is 11.5 Å². The molecular formula is C11H12N4OS. The number of hydrogen-bond acceptors (Lipinski definition) is 5. The molecule has 5 N–H and O–H groups in total. The second kappa shape index (κ2) is 4.84. The number of rotatable bonds is 4. The molecule has 0 fully saturated rings. The Labute approximate surface area is 102 Å². The summed E-state index contributed by atoms with van der Waals surface area (Å²) >= 11 is 1.63. The van der Waals surface area contributed by atoms with Gasteiger partial charge in [0.05, 0.1) is 24.0 Å². The summed E-state index contributed by atoms with van der Waals surface area (Å²) in [6, 6.07) is 5.48. The molecule has 0 atom stereocenters. The number of anilines is 2. The molecule has 2 rings (SSSR count). The molecule has 2 aromatic rings. The van der Waals surface area contributed by atoms with Crippen molar-refractivity contribution in [2.45, 2.75) is 6.54 Å². The molecule has 2 heterocycles. The van der Waals surface area contributed by atoms with Crippen molar-refractivity contribution >= 4 is 28.7 Å². The predicted octanol–water partition coefficient (Wildman–Crippen LogP) is 1.44. The Bertz CT molecular complexity index is 524. The van der Waals surface area contributed by atoms with Crippen LogP contribution in [0, 0.1) is 0 Å². The van der Waals surface area contributed by atoms with Crippen LogP contribution in [0.2, 0.25) is 0 Å². The van der Waals surface area contributed by atoms with Gasteiger partial charge in [-0.3, -0.25) is 4.79 Å². The monoisotopic (exact) mass is 248 g/mol. The molecule has 0 radical (unpaired) electrons. The minimum absolute atomic E-state index is 0.307. The van der Waals surface area contributed by atoms with Crippen LogP contribution in [0.3, 0.4) is 0 Å². The zero-order valence-corrected chi connectivity index (χ0v) is 9.83. The third kappa shape index (κ3) is 2.73. The fraction of sp³-hybridized carbons (Fsp3) is 0.0909. The Kier molecular flexibility index (Phi) is 3.24. The van der Waals surface area contributed by atoms with Crippen LogP contribution in [-0.4, -0.2) is 10.9 Å². The van der Waals surface area contributed by atoms with Gasteiger partial charge in [-0.25, -0.2) is 4.98 Å². The fourth-order valence-electron chi connectivity index (χ4n) is 1.39. The first-order chi connectivity index (χ1) is 8.16. The Morgan fingerprint density at radius 3 is 3.00 bits per heavy atom. The summed E-state index contributed by atoms with van der Waals surface area (Å²) in [4.78, 5) is 16.4. The lowest BCUT2D eigenvalue weighted by Gasteiger charge is -2.08. The van der Waals surface area contributed by atoms with Crippen LogP contribution in [0.5, 0.6) is 0 Å². The molecule has 0 saturated carbocycles. The highest BCUT2D eigenvalue weighted by atomic mass is 32.1. The van der Waals surface area contributed by atoms with E-state index in [9.17, 15) is 4.79 Å². The summed E-state index contributed by atoms with van der Waals surface area (Å²) in [5.41, 5.74) is 11.5. The van der Waals surface area contributed by atoms with Crippen LogP contribution in [0.25, 0.3) is 0 Å². The number of carbonyl (C=O) groups is 1. The summed E-state index contributed by atoms with van der Waals surface area (Å²) < 4.78 is 0. The maximum absolute atomic E-state index is 11.2. The average molecular weight is 248 g/mol. The van der Waals surface area contributed by atoms with Crippen molar-refractivity contribution < 1.29 is 4.79 Å². The SMILES string of the molecule is NC(=O)c1cc(N)cnc1NCc1cccs1. The zero-order valence-electron chi connectivity index (χ0n) is 9.01. The molecule has 0 aliphatic rings. The van der Waals surface area contributed by atoms with E-state index in [1.807, 2.05) is 17.5 Å². The number of thiophene rings is 1.